The first-order chi connectivity index (χ1) is 11.5. The molecule has 1 aromatic carbocycles. The first kappa shape index (κ1) is 16.8. The van der Waals surface area contributed by atoms with Crippen molar-refractivity contribution < 1.29 is 22.6 Å². The summed E-state index contributed by atoms with van der Waals surface area (Å²) in [5.74, 6) is 1.21. The molecule has 0 aliphatic carbocycles. The Labute approximate surface area is 137 Å². The maximum atomic E-state index is 12.8. The number of ether oxygens (including phenoxy) is 2. The van der Waals surface area contributed by atoms with E-state index in [1.54, 1.807) is 13.2 Å². The van der Waals surface area contributed by atoms with E-state index in [2.05, 4.69) is 10.1 Å². The summed E-state index contributed by atoms with van der Waals surface area (Å²) in [5, 5.41) is 4.09. The van der Waals surface area contributed by atoms with Crippen LogP contribution in [-0.2, 0) is 17.7 Å². The van der Waals surface area contributed by atoms with Crippen LogP contribution in [0.5, 0.6) is 5.75 Å². The molecule has 2 heterocycles. The average Bonchev–Trinajstić information content (AvgIpc) is 3.16. The predicted octanol–water partition coefficient (Wildman–Crippen LogP) is 2.94. The molecule has 1 aromatic heterocycles. The third kappa shape index (κ3) is 3.87. The van der Waals surface area contributed by atoms with Gasteiger partial charge in [0.25, 0.3) is 0 Å². The Bertz CT molecular complexity index is 694. The Morgan fingerprint density at radius 2 is 2.12 bits per heavy atom. The molecule has 1 aliphatic rings. The van der Waals surface area contributed by atoms with Gasteiger partial charge in [-0.2, -0.15) is 18.3 Å². The van der Waals surface area contributed by atoms with Crippen LogP contribution in [0.1, 0.15) is 29.6 Å². The highest BCUT2D eigenvalue weighted by molar-refractivity contribution is 5.35. The summed E-state index contributed by atoms with van der Waals surface area (Å²) in [6, 6.07) is 7.32. The van der Waals surface area contributed by atoms with E-state index in [4.69, 9.17) is 9.47 Å². The van der Waals surface area contributed by atoms with Crippen LogP contribution in [0.4, 0.5) is 13.2 Å². The van der Waals surface area contributed by atoms with Crippen LogP contribution < -0.4 is 4.74 Å². The second-order valence-electron chi connectivity index (χ2n) is 5.71. The second-order valence-corrected chi connectivity index (χ2v) is 5.71. The van der Waals surface area contributed by atoms with Crippen LogP contribution in [0.2, 0.25) is 0 Å². The van der Waals surface area contributed by atoms with Gasteiger partial charge in [0.2, 0.25) is 0 Å². The van der Waals surface area contributed by atoms with Crippen molar-refractivity contribution in [1.29, 1.82) is 0 Å². The molecule has 1 fully saturated rings. The quantitative estimate of drug-likeness (QED) is 0.839. The summed E-state index contributed by atoms with van der Waals surface area (Å²) in [5.41, 5.74) is 0.832. The van der Waals surface area contributed by atoms with Gasteiger partial charge < -0.3 is 9.47 Å². The molecule has 0 saturated carbocycles. The summed E-state index contributed by atoms with van der Waals surface area (Å²) in [6.07, 6.45) is -3.37. The molecule has 3 rings (SSSR count). The zero-order chi connectivity index (χ0) is 17.2. The molecule has 0 N–H and O–H groups in total. The Morgan fingerprint density at radius 1 is 1.33 bits per heavy atom. The fourth-order valence-electron chi connectivity index (χ4n) is 2.82. The van der Waals surface area contributed by atoms with Gasteiger partial charge in [-0.15, -0.1) is 0 Å². The van der Waals surface area contributed by atoms with E-state index in [1.165, 1.54) is 0 Å². The van der Waals surface area contributed by atoms with Crippen LogP contribution in [0, 0.1) is 0 Å². The molecule has 2 aromatic rings. The van der Waals surface area contributed by atoms with Gasteiger partial charge >= 0.3 is 6.18 Å². The van der Waals surface area contributed by atoms with Crippen molar-refractivity contribution >= 4 is 0 Å². The number of aromatic nitrogens is 3. The van der Waals surface area contributed by atoms with Gasteiger partial charge in [0.1, 0.15) is 18.1 Å². The standard InChI is InChI=1S/C16H18F3N3O2/c1-23-13-5-3-2-4-11(13)8-14-20-15(12-6-7-24-9-12)22(21-14)10-16(17,18)19/h2-5,12H,6-10H2,1H3/t12-/m0/s1. The maximum Gasteiger partial charge on any atom is 0.408 e. The molecule has 24 heavy (non-hydrogen) atoms. The Balaban J connectivity index is 1.89. The number of benzene rings is 1. The number of methoxy groups -OCH3 is 1. The Morgan fingerprint density at radius 3 is 2.79 bits per heavy atom. The summed E-state index contributed by atoms with van der Waals surface area (Å²) in [7, 11) is 1.55. The zero-order valence-corrected chi connectivity index (χ0v) is 13.2. The van der Waals surface area contributed by atoms with Crippen LogP contribution in [0.25, 0.3) is 0 Å². The molecule has 0 amide bonds. The normalized spacial score (nSPS) is 18.1. The third-order valence-electron chi connectivity index (χ3n) is 3.91. The Hall–Kier alpha value is -2.09. The fraction of sp³-hybridized carbons (Fsp3) is 0.500. The van der Waals surface area contributed by atoms with Gasteiger partial charge in [0.05, 0.1) is 13.7 Å². The van der Waals surface area contributed by atoms with E-state index in [0.29, 0.717) is 43.5 Å². The van der Waals surface area contributed by atoms with E-state index in [0.717, 1.165) is 10.2 Å². The van der Waals surface area contributed by atoms with E-state index < -0.39 is 12.7 Å². The number of halogens is 3. The van der Waals surface area contributed by atoms with E-state index >= 15 is 0 Å². The summed E-state index contributed by atoms with van der Waals surface area (Å²) in [6.45, 7) is -0.228. The highest BCUT2D eigenvalue weighted by atomic mass is 19.4. The minimum atomic E-state index is -4.34. The largest absolute Gasteiger partial charge is 0.496 e. The smallest absolute Gasteiger partial charge is 0.408 e. The molecule has 8 heteroatoms. The number of hydrogen-bond donors (Lipinski definition) is 0. The molecular weight excluding hydrogens is 323 g/mol. The average molecular weight is 341 g/mol. The van der Waals surface area contributed by atoms with E-state index in [-0.39, 0.29) is 5.92 Å². The molecule has 1 aliphatic heterocycles. The monoisotopic (exact) mass is 341 g/mol. The van der Waals surface area contributed by atoms with Gasteiger partial charge in [-0.05, 0) is 12.5 Å². The van der Waals surface area contributed by atoms with Gasteiger partial charge in [0, 0.05) is 24.5 Å². The van der Waals surface area contributed by atoms with Crippen LogP contribution >= 0.6 is 0 Å². The van der Waals surface area contributed by atoms with Crippen LogP contribution in [-0.4, -0.2) is 41.3 Å². The van der Waals surface area contributed by atoms with E-state index in [1.807, 2.05) is 18.2 Å². The van der Waals surface area contributed by atoms with Crippen molar-refractivity contribution in [3.05, 3.63) is 41.5 Å². The molecule has 5 nitrogen and oxygen atoms in total. The maximum absolute atomic E-state index is 12.8. The molecule has 130 valence electrons. The molecule has 1 atom stereocenters. The van der Waals surface area contributed by atoms with E-state index in [9.17, 15) is 13.2 Å². The van der Waals surface area contributed by atoms with Gasteiger partial charge in [0.15, 0.2) is 5.82 Å². The van der Waals surface area contributed by atoms with Crippen molar-refractivity contribution in [2.75, 3.05) is 20.3 Å². The fourth-order valence-corrected chi connectivity index (χ4v) is 2.82. The van der Waals surface area contributed by atoms with Crippen molar-refractivity contribution in [1.82, 2.24) is 14.8 Å². The molecule has 0 unspecified atom stereocenters. The number of para-hydroxylation sites is 1. The van der Waals surface area contributed by atoms with Crippen LogP contribution in [0.3, 0.4) is 0 Å². The minimum absolute atomic E-state index is 0.147. The van der Waals surface area contributed by atoms with Gasteiger partial charge in [-0.1, -0.05) is 18.2 Å². The SMILES string of the molecule is COc1ccccc1Cc1nc([C@H]2CCOC2)n(CC(F)(F)F)n1. The molecule has 1 saturated heterocycles. The minimum Gasteiger partial charge on any atom is -0.496 e. The first-order valence-corrected chi connectivity index (χ1v) is 7.66. The number of rotatable bonds is 5. The predicted molar refractivity (Wildman–Crippen MR) is 80.1 cm³/mol. The van der Waals surface area contributed by atoms with Crippen molar-refractivity contribution in [2.45, 2.75) is 31.5 Å². The molecule has 0 spiro atoms. The summed E-state index contributed by atoms with van der Waals surface area (Å²) < 4.78 is 50.0. The van der Waals surface area contributed by atoms with Crippen LogP contribution in [0.15, 0.2) is 24.3 Å². The lowest BCUT2D eigenvalue weighted by Crippen LogP contribution is -2.22. The molecular formula is C16H18F3N3O2. The lowest BCUT2D eigenvalue weighted by molar-refractivity contribution is -0.143. The highest BCUT2D eigenvalue weighted by Gasteiger charge is 2.33. The highest BCUT2D eigenvalue weighted by Crippen LogP contribution is 2.27. The van der Waals surface area contributed by atoms with Gasteiger partial charge in [-0.3, -0.25) is 0 Å². The topological polar surface area (TPSA) is 49.2 Å². The first-order valence-electron chi connectivity index (χ1n) is 7.66. The zero-order valence-electron chi connectivity index (χ0n) is 13.2. The number of alkyl halides is 3. The molecule has 0 radical (unpaired) electrons. The Kier molecular flexibility index (Phi) is 4.75. The lowest BCUT2D eigenvalue weighted by Gasteiger charge is -2.11. The number of hydrogen-bond acceptors (Lipinski definition) is 4. The van der Waals surface area contributed by atoms with Gasteiger partial charge in [-0.25, -0.2) is 9.67 Å². The lowest BCUT2D eigenvalue weighted by atomic mass is 10.1. The number of nitrogens with zero attached hydrogens (tertiary/aromatic N) is 3. The summed E-state index contributed by atoms with van der Waals surface area (Å²) in [4.78, 5) is 4.36. The third-order valence-corrected chi connectivity index (χ3v) is 3.91. The second kappa shape index (κ2) is 6.80. The summed E-state index contributed by atoms with van der Waals surface area (Å²) >= 11 is 0. The van der Waals surface area contributed by atoms with Crippen molar-refractivity contribution in [3.63, 3.8) is 0 Å². The molecule has 0 bridgehead atoms. The van der Waals surface area contributed by atoms with Crippen molar-refractivity contribution in [3.8, 4) is 5.75 Å². The van der Waals surface area contributed by atoms with Crippen molar-refractivity contribution in [2.24, 2.45) is 0 Å².